The van der Waals surface area contributed by atoms with Crippen molar-refractivity contribution in [1.82, 2.24) is 15.1 Å². The Balaban J connectivity index is 1.53. The van der Waals surface area contributed by atoms with Gasteiger partial charge in [-0.3, -0.25) is 0 Å². The van der Waals surface area contributed by atoms with Gasteiger partial charge in [-0.05, 0) is 54.9 Å². The van der Waals surface area contributed by atoms with E-state index in [0.717, 1.165) is 32.4 Å². The van der Waals surface area contributed by atoms with Crippen LogP contribution in [0.4, 0.5) is 10.5 Å². The molecular formula is C23H34N4O4S. The quantitative estimate of drug-likeness (QED) is 0.514. The van der Waals surface area contributed by atoms with Crippen molar-refractivity contribution in [2.24, 2.45) is 11.3 Å². The Labute approximate surface area is 195 Å². The molecule has 0 radical (unpaired) electrons. The number of urea groups is 1. The normalized spacial score (nSPS) is 18.4. The van der Waals surface area contributed by atoms with Crippen LogP contribution in [-0.2, 0) is 9.53 Å². The van der Waals surface area contributed by atoms with E-state index >= 15 is 0 Å². The van der Waals surface area contributed by atoms with Crippen LogP contribution < -0.4 is 15.4 Å². The number of hydrogen-bond acceptors (Lipinski definition) is 5. The second-order valence-corrected chi connectivity index (χ2v) is 9.37. The molecule has 0 bridgehead atoms. The summed E-state index contributed by atoms with van der Waals surface area (Å²) in [5, 5.41) is 6.75. The first-order chi connectivity index (χ1) is 15.3. The van der Waals surface area contributed by atoms with Crippen molar-refractivity contribution in [3.63, 3.8) is 0 Å². The first kappa shape index (κ1) is 24.1. The summed E-state index contributed by atoms with van der Waals surface area (Å²) in [6, 6.07) is 6.85. The van der Waals surface area contributed by atoms with E-state index in [1.807, 2.05) is 43.0 Å². The van der Waals surface area contributed by atoms with Crippen LogP contribution in [0.3, 0.4) is 0 Å². The second-order valence-electron chi connectivity index (χ2n) is 8.98. The summed E-state index contributed by atoms with van der Waals surface area (Å²) in [5.74, 6) is 0.418. The van der Waals surface area contributed by atoms with E-state index in [9.17, 15) is 9.59 Å². The van der Waals surface area contributed by atoms with E-state index < -0.39 is 6.04 Å². The fraction of sp³-hybridized carbons (Fsp3) is 0.609. The molecule has 9 heteroatoms. The average Bonchev–Trinajstić information content (AvgIpc) is 3.21. The van der Waals surface area contributed by atoms with Crippen LogP contribution in [0.5, 0.6) is 5.75 Å². The molecule has 0 aromatic heterocycles. The number of amides is 2. The number of nitrogens with one attached hydrogen (secondary N) is 2. The molecule has 1 aromatic carbocycles. The van der Waals surface area contributed by atoms with Crippen molar-refractivity contribution in [3.8, 4) is 5.75 Å². The molecule has 1 unspecified atom stereocenters. The monoisotopic (exact) mass is 462 g/mol. The molecule has 1 spiro atoms. The van der Waals surface area contributed by atoms with Gasteiger partial charge in [0.15, 0.2) is 5.11 Å². The molecule has 0 saturated carbocycles. The lowest BCUT2D eigenvalue weighted by atomic mass is 9.78. The number of para-hydroxylation sites is 2. The molecule has 1 atom stereocenters. The van der Waals surface area contributed by atoms with Gasteiger partial charge in [0.05, 0.1) is 19.9 Å². The maximum atomic E-state index is 12.8. The van der Waals surface area contributed by atoms with Crippen LogP contribution in [0.15, 0.2) is 24.3 Å². The maximum Gasteiger partial charge on any atom is 0.328 e. The van der Waals surface area contributed by atoms with Crippen LogP contribution in [0.25, 0.3) is 0 Å². The Hall–Kier alpha value is -2.55. The highest BCUT2D eigenvalue weighted by atomic mass is 32.1. The molecule has 2 amide bonds. The Morgan fingerprint density at radius 3 is 2.28 bits per heavy atom. The van der Waals surface area contributed by atoms with Gasteiger partial charge < -0.3 is 29.9 Å². The number of hydrogen-bond donors (Lipinski definition) is 2. The number of piperidine rings is 1. The predicted octanol–water partition coefficient (Wildman–Crippen LogP) is 3.09. The Bertz CT molecular complexity index is 839. The van der Waals surface area contributed by atoms with E-state index in [2.05, 4.69) is 15.5 Å². The first-order valence-electron chi connectivity index (χ1n) is 11.1. The fourth-order valence-electron chi connectivity index (χ4n) is 4.49. The molecule has 2 saturated heterocycles. The Morgan fingerprint density at radius 2 is 1.69 bits per heavy atom. The summed E-state index contributed by atoms with van der Waals surface area (Å²) in [7, 11) is 2.99. The molecule has 2 fully saturated rings. The van der Waals surface area contributed by atoms with Crippen molar-refractivity contribution in [2.45, 2.75) is 39.2 Å². The minimum atomic E-state index is -0.454. The zero-order chi connectivity index (χ0) is 23.3. The van der Waals surface area contributed by atoms with E-state index in [-0.39, 0.29) is 23.3 Å². The molecule has 8 nitrogen and oxygen atoms in total. The Morgan fingerprint density at radius 1 is 1.06 bits per heavy atom. The summed E-state index contributed by atoms with van der Waals surface area (Å²) in [6.07, 6.45) is 2.88. The summed E-state index contributed by atoms with van der Waals surface area (Å²) in [5.41, 5.74) is 0.819. The molecule has 2 aliphatic rings. The number of esters is 1. The highest BCUT2D eigenvalue weighted by Crippen LogP contribution is 2.40. The topological polar surface area (TPSA) is 83.1 Å². The number of likely N-dealkylation sites (tertiary alicyclic amines) is 2. The van der Waals surface area contributed by atoms with Crippen LogP contribution in [0, 0.1) is 11.3 Å². The highest BCUT2D eigenvalue weighted by Gasteiger charge is 2.42. The highest BCUT2D eigenvalue weighted by molar-refractivity contribution is 7.80. The third-order valence-electron chi connectivity index (χ3n) is 6.59. The summed E-state index contributed by atoms with van der Waals surface area (Å²) in [6.45, 7) is 7.03. The van der Waals surface area contributed by atoms with E-state index in [1.54, 1.807) is 7.11 Å². The number of benzene rings is 1. The predicted molar refractivity (Wildman–Crippen MR) is 128 cm³/mol. The zero-order valence-electron chi connectivity index (χ0n) is 19.3. The third-order valence-corrected chi connectivity index (χ3v) is 6.96. The zero-order valence-corrected chi connectivity index (χ0v) is 20.2. The van der Waals surface area contributed by atoms with Gasteiger partial charge in [0.25, 0.3) is 0 Å². The number of thiocarbonyl (C=S) groups is 1. The minimum absolute atomic E-state index is 0.0713. The van der Waals surface area contributed by atoms with Crippen molar-refractivity contribution in [2.75, 3.05) is 45.7 Å². The molecule has 3 rings (SSSR count). The number of anilines is 1. The van der Waals surface area contributed by atoms with Gasteiger partial charge in [-0.2, -0.15) is 0 Å². The van der Waals surface area contributed by atoms with Gasteiger partial charge in [-0.25, -0.2) is 9.59 Å². The second kappa shape index (κ2) is 10.4. The van der Waals surface area contributed by atoms with Crippen molar-refractivity contribution in [3.05, 3.63) is 24.3 Å². The largest absolute Gasteiger partial charge is 0.495 e. The van der Waals surface area contributed by atoms with Gasteiger partial charge in [0.1, 0.15) is 11.8 Å². The molecular weight excluding hydrogens is 428 g/mol. The van der Waals surface area contributed by atoms with Gasteiger partial charge in [0.2, 0.25) is 0 Å². The summed E-state index contributed by atoms with van der Waals surface area (Å²) in [4.78, 5) is 28.8. The van der Waals surface area contributed by atoms with Crippen molar-refractivity contribution < 1.29 is 19.1 Å². The third kappa shape index (κ3) is 5.43. The van der Waals surface area contributed by atoms with E-state index in [1.165, 1.54) is 7.11 Å². The van der Waals surface area contributed by atoms with E-state index in [4.69, 9.17) is 21.7 Å². The number of carbonyl (C=O) groups excluding carboxylic acids is 2. The van der Waals surface area contributed by atoms with Gasteiger partial charge in [0, 0.05) is 26.2 Å². The molecule has 32 heavy (non-hydrogen) atoms. The lowest BCUT2D eigenvalue weighted by Gasteiger charge is -2.39. The molecule has 2 N–H and O–H groups in total. The smallest absolute Gasteiger partial charge is 0.328 e. The van der Waals surface area contributed by atoms with E-state index in [0.29, 0.717) is 29.6 Å². The Kier molecular flexibility index (Phi) is 7.82. The number of ether oxygens (including phenoxy) is 2. The van der Waals surface area contributed by atoms with Crippen LogP contribution in [0.2, 0.25) is 0 Å². The molecule has 0 aliphatic carbocycles. The lowest BCUT2D eigenvalue weighted by molar-refractivity contribution is -0.143. The van der Waals surface area contributed by atoms with Gasteiger partial charge >= 0.3 is 12.0 Å². The number of methoxy groups -OCH3 is 2. The summed E-state index contributed by atoms with van der Waals surface area (Å²) >= 11 is 5.61. The van der Waals surface area contributed by atoms with Crippen LogP contribution >= 0.6 is 12.2 Å². The van der Waals surface area contributed by atoms with Crippen molar-refractivity contribution in [1.29, 1.82) is 0 Å². The van der Waals surface area contributed by atoms with Gasteiger partial charge in [-0.15, -0.1) is 0 Å². The average molecular weight is 463 g/mol. The first-order valence-corrected chi connectivity index (χ1v) is 11.5. The van der Waals surface area contributed by atoms with Crippen LogP contribution in [-0.4, -0.2) is 73.4 Å². The number of rotatable bonds is 5. The standard InChI is InChI=1S/C23H34N4O4S/c1-16(2)19(20(28)31-4)25-22(32)27-14-11-23(15-27)9-12-26(13-10-23)21(29)24-17-7-5-6-8-18(17)30-3/h5-8,16,19H,9-15H2,1-4H3,(H,24,29)(H,25,32). The fourth-order valence-corrected chi connectivity index (χ4v) is 4.77. The molecule has 1 aromatic rings. The minimum Gasteiger partial charge on any atom is -0.495 e. The molecule has 176 valence electrons. The van der Waals surface area contributed by atoms with Gasteiger partial charge in [-0.1, -0.05) is 26.0 Å². The van der Waals surface area contributed by atoms with Crippen LogP contribution in [0.1, 0.15) is 33.1 Å². The maximum absolute atomic E-state index is 12.8. The summed E-state index contributed by atoms with van der Waals surface area (Å²) < 4.78 is 10.2. The molecule has 2 aliphatic heterocycles. The lowest BCUT2D eigenvalue weighted by Crippen LogP contribution is -2.51. The number of carbonyl (C=O) groups is 2. The SMILES string of the molecule is COC(=O)C(NC(=S)N1CCC2(CCN(C(=O)Nc3ccccc3OC)CC2)C1)C(C)C. The van der Waals surface area contributed by atoms with Crippen molar-refractivity contribution >= 4 is 35.0 Å². The molecule has 2 heterocycles. The number of nitrogens with zero attached hydrogens (tertiary/aromatic N) is 2.